The number of likely N-dealkylation sites (tertiary alicyclic amines) is 1. The number of aromatic carboxylic acids is 1. The van der Waals surface area contributed by atoms with Crippen molar-refractivity contribution in [2.75, 3.05) is 13.1 Å². The van der Waals surface area contributed by atoms with Crippen LogP contribution in [0.15, 0.2) is 24.3 Å². The topological polar surface area (TPSA) is 113 Å². The molecule has 0 unspecified atom stereocenters. The van der Waals surface area contributed by atoms with Gasteiger partial charge in [0.25, 0.3) is 0 Å². The van der Waals surface area contributed by atoms with Gasteiger partial charge in [0.05, 0.1) is 11.5 Å². The molecule has 7 heteroatoms. The highest BCUT2D eigenvalue weighted by Gasteiger charge is 2.35. The third kappa shape index (κ3) is 3.55. The first kappa shape index (κ1) is 15.8. The van der Waals surface area contributed by atoms with Crippen LogP contribution < -0.4 is 11.1 Å². The Labute approximate surface area is 128 Å². The van der Waals surface area contributed by atoms with Crippen molar-refractivity contribution in [3.05, 3.63) is 35.4 Å². The number of nitrogens with two attached hydrogens (primary N) is 1. The number of nitrogens with zero attached hydrogens (tertiary/aromatic N) is 1. The zero-order chi connectivity index (χ0) is 16.3. The molecule has 0 saturated carbocycles. The van der Waals surface area contributed by atoms with E-state index >= 15 is 0 Å². The van der Waals surface area contributed by atoms with Gasteiger partial charge in [-0.1, -0.05) is 19.1 Å². The normalized spacial score (nSPS) is 20.7. The van der Waals surface area contributed by atoms with Crippen molar-refractivity contribution in [1.29, 1.82) is 0 Å². The number of benzene rings is 1. The molecule has 1 aliphatic heterocycles. The van der Waals surface area contributed by atoms with Crippen LogP contribution in [0.1, 0.15) is 22.8 Å². The summed E-state index contributed by atoms with van der Waals surface area (Å²) < 4.78 is 0. The lowest BCUT2D eigenvalue weighted by Gasteiger charge is -2.17. The summed E-state index contributed by atoms with van der Waals surface area (Å²) in [6.45, 7) is 3.02. The Bertz CT molecular complexity index is 585. The summed E-state index contributed by atoms with van der Waals surface area (Å²) >= 11 is 0. The van der Waals surface area contributed by atoms with E-state index in [1.807, 2.05) is 6.92 Å². The Kier molecular flexibility index (Phi) is 4.65. The van der Waals surface area contributed by atoms with Crippen molar-refractivity contribution in [3.63, 3.8) is 0 Å². The third-order valence-electron chi connectivity index (χ3n) is 3.91. The molecular formula is C15H19N3O4. The minimum atomic E-state index is -0.987. The maximum atomic E-state index is 12.1. The van der Waals surface area contributed by atoms with E-state index in [0.717, 1.165) is 5.56 Å². The van der Waals surface area contributed by atoms with Gasteiger partial charge in [-0.15, -0.1) is 0 Å². The van der Waals surface area contributed by atoms with E-state index < -0.39 is 5.97 Å². The number of amides is 3. The van der Waals surface area contributed by atoms with Gasteiger partial charge in [0.15, 0.2) is 0 Å². The molecule has 4 N–H and O–H groups in total. The zero-order valence-corrected chi connectivity index (χ0v) is 12.3. The van der Waals surface area contributed by atoms with Crippen LogP contribution >= 0.6 is 0 Å². The summed E-state index contributed by atoms with van der Waals surface area (Å²) in [5, 5.41) is 11.6. The van der Waals surface area contributed by atoms with Gasteiger partial charge >= 0.3 is 12.0 Å². The van der Waals surface area contributed by atoms with Crippen LogP contribution in [0.25, 0.3) is 0 Å². The van der Waals surface area contributed by atoms with Crippen molar-refractivity contribution in [3.8, 4) is 0 Å². The molecule has 0 spiro atoms. The molecule has 0 bridgehead atoms. The van der Waals surface area contributed by atoms with Crippen LogP contribution in [0.3, 0.4) is 0 Å². The molecule has 1 saturated heterocycles. The molecule has 1 fully saturated rings. The summed E-state index contributed by atoms with van der Waals surface area (Å²) in [6, 6.07) is 6.04. The Balaban J connectivity index is 1.88. The number of hydrogen-bond acceptors (Lipinski definition) is 3. The molecule has 118 valence electrons. The van der Waals surface area contributed by atoms with E-state index in [0.29, 0.717) is 19.6 Å². The quantitative estimate of drug-likeness (QED) is 0.758. The molecule has 2 atom stereocenters. The first-order chi connectivity index (χ1) is 10.4. The summed E-state index contributed by atoms with van der Waals surface area (Å²) in [5.74, 6) is -1.62. The van der Waals surface area contributed by atoms with Gasteiger partial charge in [-0.05, 0) is 23.6 Å². The Morgan fingerprint density at radius 2 is 1.91 bits per heavy atom. The summed E-state index contributed by atoms with van der Waals surface area (Å²) in [4.78, 5) is 35.7. The van der Waals surface area contributed by atoms with Gasteiger partial charge in [0.1, 0.15) is 0 Å². The van der Waals surface area contributed by atoms with E-state index in [9.17, 15) is 14.4 Å². The lowest BCUT2D eigenvalue weighted by molar-refractivity contribution is -0.122. The number of carboxylic acid groups (broad SMARTS) is 1. The third-order valence-corrected chi connectivity index (χ3v) is 3.91. The molecule has 22 heavy (non-hydrogen) atoms. The molecule has 1 aromatic carbocycles. The summed E-state index contributed by atoms with van der Waals surface area (Å²) in [5.41, 5.74) is 6.31. The van der Waals surface area contributed by atoms with Gasteiger partial charge in [0.2, 0.25) is 5.91 Å². The minimum absolute atomic E-state index is 0.0538. The average molecular weight is 305 g/mol. The fraction of sp³-hybridized carbons (Fsp3) is 0.400. The number of carbonyl (C=O) groups is 3. The number of nitrogens with one attached hydrogen (secondary N) is 1. The number of carboxylic acids is 1. The van der Waals surface area contributed by atoms with E-state index in [1.54, 1.807) is 17.0 Å². The predicted octanol–water partition coefficient (Wildman–Crippen LogP) is 0.648. The fourth-order valence-corrected chi connectivity index (χ4v) is 2.56. The largest absolute Gasteiger partial charge is 0.478 e. The molecule has 7 nitrogen and oxygen atoms in total. The van der Waals surface area contributed by atoms with E-state index in [2.05, 4.69) is 5.32 Å². The Morgan fingerprint density at radius 3 is 2.41 bits per heavy atom. The lowest BCUT2D eigenvalue weighted by Crippen LogP contribution is -2.39. The zero-order valence-electron chi connectivity index (χ0n) is 12.3. The molecule has 1 aromatic rings. The molecule has 0 radical (unpaired) electrons. The number of rotatable bonds is 4. The minimum Gasteiger partial charge on any atom is -0.478 e. The van der Waals surface area contributed by atoms with Crippen LogP contribution in [-0.4, -0.2) is 41.0 Å². The monoisotopic (exact) mass is 305 g/mol. The molecule has 1 heterocycles. The lowest BCUT2D eigenvalue weighted by atomic mass is 9.98. The maximum absolute atomic E-state index is 12.1. The summed E-state index contributed by atoms with van der Waals surface area (Å²) in [7, 11) is 0. The predicted molar refractivity (Wildman–Crippen MR) is 79.1 cm³/mol. The highest BCUT2D eigenvalue weighted by Crippen LogP contribution is 2.22. The van der Waals surface area contributed by atoms with E-state index in [-0.39, 0.29) is 29.3 Å². The molecule has 0 aliphatic carbocycles. The van der Waals surface area contributed by atoms with Crippen LogP contribution in [0.4, 0.5) is 4.79 Å². The van der Waals surface area contributed by atoms with Gasteiger partial charge in [0, 0.05) is 19.6 Å². The van der Waals surface area contributed by atoms with Crippen molar-refractivity contribution in [1.82, 2.24) is 10.2 Å². The standard InChI is InChI=1S/C15H19N3O4/c1-9-7-18(8-12(9)13(16)19)15(22)17-6-10-2-4-11(5-3-10)14(20)21/h2-5,9,12H,6-8H2,1H3,(H2,16,19)(H,17,22)(H,20,21)/t9-,12-/m1/s1. The van der Waals surface area contributed by atoms with Crippen molar-refractivity contribution in [2.45, 2.75) is 13.5 Å². The highest BCUT2D eigenvalue weighted by molar-refractivity contribution is 5.87. The number of urea groups is 1. The van der Waals surface area contributed by atoms with Gasteiger partial charge in [-0.25, -0.2) is 9.59 Å². The van der Waals surface area contributed by atoms with Crippen LogP contribution in [0, 0.1) is 11.8 Å². The Hall–Kier alpha value is -2.57. The first-order valence-electron chi connectivity index (χ1n) is 7.03. The van der Waals surface area contributed by atoms with Crippen LogP contribution in [-0.2, 0) is 11.3 Å². The smallest absolute Gasteiger partial charge is 0.335 e. The maximum Gasteiger partial charge on any atom is 0.335 e. The van der Waals surface area contributed by atoms with Gasteiger partial charge in [-0.2, -0.15) is 0 Å². The molecule has 2 rings (SSSR count). The van der Waals surface area contributed by atoms with Crippen molar-refractivity contribution < 1.29 is 19.5 Å². The summed E-state index contributed by atoms with van der Waals surface area (Å²) in [6.07, 6.45) is 0. The van der Waals surface area contributed by atoms with Crippen LogP contribution in [0.5, 0.6) is 0 Å². The fourth-order valence-electron chi connectivity index (χ4n) is 2.56. The average Bonchev–Trinajstić information content (AvgIpc) is 2.87. The van der Waals surface area contributed by atoms with Gasteiger partial charge < -0.3 is 21.1 Å². The first-order valence-corrected chi connectivity index (χ1v) is 7.03. The molecule has 0 aromatic heterocycles. The van der Waals surface area contributed by atoms with Crippen LogP contribution in [0.2, 0.25) is 0 Å². The second-order valence-corrected chi connectivity index (χ2v) is 5.55. The number of hydrogen-bond donors (Lipinski definition) is 3. The van der Waals surface area contributed by atoms with E-state index in [4.69, 9.17) is 10.8 Å². The molecule has 3 amide bonds. The Morgan fingerprint density at radius 1 is 1.27 bits per heavy atom. The van der Waals surface area contributed by atoms with Gasteiger partial charge in [-0.3, -0.25) is 4.79 Å². The SMILES string of the molecule is C[C@@H]1CN(C(=O)NCc2ccc(C(=O)O)cc2)C[C@H]1C(N)=O. The van der Waals surface area contributed by atoms with Crippen molar-refractivity contribution in [2.24, 2.45) is 17.6 Å². The second kappa shape index (κ2) is 6.46. The van der Waals surface area contributed by atoms with Crippen molar-refractivity contribution >= 4 is 17.9 Å². The van der Waals surface area contributed by atoms with E-state index in [1.165, 1.54) is 12.1 Å². The second-order valence-electron chi connectivity index (χ2n) is 5.55. The molecule has 1 aliphatic rings. The highest BCUT2D eigenvalue weighted by atomic mass is 16.4. The number of carbonyl (C=O) groups excluding carboxylic acids is 2. The molecular weight excluding hydrogens is 286 g/mol. The number of primary amides is 1.